The van der Waals surface area contributed by atoms with Crippen LogP contribution in [-0.2, 0) is 0 Å². The maximum Gasteiger partial charge on any atom is 0.335 e. The van der Waals surface area contributed by atoms with Gasteiger partial charge in [-0.05, 0) is 25.0 Å². The molecule has 4 rings (SSSR count). The number of fused-ring (bicyclic) bond motifs is 1. The molecule has 0 spiro atoms. The van der Waals surface area contributed by atoms with Crippen molar-refractivity contribution >= 4 is 17.0 Å². The molecule has 1 amide bonds. The second-order valence-electron chi connectivity index (χ2n) is 6.98. The van der Waals surface area contributed by atoms with Crippen molar-refractivity contribution in [2.75, 3.05) is 6.54 Å². The molecular weight excluding hydrogens is 372 g/mol. The van der Waals surface area contributed by atoms with Crippen LogP contribution in [0.4, 0.5) is 8.78 Å². The molecule has 1 saturated carbocycles. The van der Waals surface area contributed by atoms with Crippen LogP contribution < -0.4 is 16.6 Å². The number of aryl methyl sites for hydroxylation is 1. The number of hydrogen-bond acceptors (Lipinski definition) is 4. The van der Waals surface area contributed by atoms with Crippen molar-refractivity contribution in [3.8, 4) is 5.69 Å². The zero-order chi connectivity index (χ0) is 20.1. The predicted molar refractivity (Wildman–Crippen MR) is 97.2 cm³/mol. The van der Waals surface area contributed by atoms with Crippen molar-refractivity contribution in [2.24, 2.45) is 5.92 Å². The van der Waals surface area contributed by atoms with Crippen molar-refractivity contribution in [1.82, 2.24) is 14.9 Å². The minimum Gasteiger partial charge on any atom is -0.444 e. The largest absolute Gasteiger partial charge is 0.444 e. The number of halogens is 2. The monoisotopic (exact) mass is 389 g/mol. The number of nitrogens with one attached hydrogen (secondary N) is 2. The summed E-state index contributed by atoms with van der Waals surface area (Å²) in [6, 6.07) is 8.27. The Kier molecular flexibility index (Phi) is 4.17. The van der Waals surface area contributed by atoms with Crippen LogP contribution in [0, 0.1) is 12.8 Å². The van der Waals surface area contributed by atoms with Crippen molar-refractivity contribution in [3.05, 3.63) is 62.5 Å². The average Bonchev–Trinajstić information content (AvgIpc) is 2.94. The van der Waals surface area contributed by atoms with Gasteiger partial charge in [-0.1, -0.05) is 18.2 Å². The van der Waals surface area contributed by atoms with Crippen molar-refractivity contribution in [3.63, 3.8) is 0 Å². The molecule has 0 atom stereocenters. The maximum atomic E-state index is 13.0. The van der Waals surface area contributed by atoms with Gasteiger partial charge in [0, 0.05) is 19.4 Å². The first kappa shape index (κ1) is 18.1. The van der Waals surface area contributed by atoms with E-state index in [9.17, 15) is 23.2 Å². The molecule has 9 heteroatoms. The number of carbonyl (C=O) groups excluding carboxylic acids is 1. The highest BCUT2D eigenvalue weighted by Gasteiger charge is 2.45. The molecule has 0 unspecified atom stereocenters. The van der Waals surface area contributed by atoms with E-state index in [1.54, 1.807) is 30.3 Å². The topological polar surface area (TPSA) is 97.1 Å². The first-order chi connectivity index (χ1) is 13.3. The van der Waals surface area contributed by atoms with Crippen LogP contribution in [0.15, 0.2) is 44.3 Å². The second-order valence-corrected chi connectivity index (χ2v) is 6.98. The molecule has 2 aromatic heterocycles. The van der Waals surface area contributed by atoms with E-state index < -0.39 is 23.1 Å². The summed E-state index contributed by atoms with van der Waals surface area (Å²) < 4.78 is 32.2. The fourth-order valence-corrected chi connectivity index (χ4v) is 3.53. The number of alkyl halides is 2. The molecule has 7 nitrogen and oxygen atoms in total. The Balaban J connectivity index is 1.73. The van der Waals surface area contributed by atoms with Gasteiger partial charge in [-0.25, -0.2) is 18.1 Å². The number of carbonyl (C=O) groups is 1. The number of aromatic amines is 1. The highest BCUT2D eigenvalue weighted by molar-refractivity contribution is 6.06. The van der Waals surface area contributed by atoms with Gasteiger partial charge in [0.25, 0.3) is 11.5 Å². The van der Waals surface area contributed by atoms with E-state index >= 15 is 0 Å². The second kappa shape index (κ2) is 6.43. The molecular formula is C19H17F2N3O4. The molecule has 1 aromatic carbocycles. The molecule has 0 aliphatic heterocycles. The number of hydrogen-bond donors (Lipinski definition) is 2. The summed E-state index contributed by atoms with van der Waals surface area (Å²) in [7, 11) is 0. The van der Waals surface area contributed by atoms with Crippen LogP contribution in [0.3, 0.4) is 0 Å². The van der Waals surface area contributed by atoms with Crippen LogP contribution in [0.1, 0.15) is 29.0 Å². The van der Waals surface area contributed by atoms with Crippen molar-refractivity contribution in [2.45, 2.75) is 25.7 Å². The molecule has 2 heterocycles. The lowest BCUT2D eigenvalue weighted by Crippen LogP contribution is -2.42. The first-order valence-electron chi connectivity index (χ1n) is 8.77. The maximum absolute atomic E-state index is 13.0. The van der Waals surface area contributed by atoms with E-state index in [-0.39, 0.29) is 47.7 Å². The third-order valence-electron chi connectivity index (χ3n) is 4.89. The zero-order valence-electron chi connectivity index (χ0n) is 14.9. The number of nitrogens with zero attached hydrogens (tertiary/aromatic N) is 1. The highest BCUT2D eigenvalue weighted by Crippen LogP contribution is 2.41. The minimum atomic E-state index is -2.67. The SMILES string of the molecule is Cc1oc2[nH]c(=O)n(-c3ccccc3)c(=O)c2c1C(=O)NCC1CC(F)(F)C1. The lowest BCUT2D eigenvalue weighted by molar-refractivity contribution is -0.108. The zero-order valence-corrected chi connectivity index (χ0v) is 14.9. The average molecular weight is 389 g/mol. The summed E-state index contributed by atoms with van der Waals surface area (Å²) in [5.74, 6) is -3.42. The van der Waals surface area contributed by atoms with E-state index in [0.29, 0.717) is 5.69 Å². The van der Waals surface area contributed by atoms with Gasteiger partial charge >= 0.3 is 5.69 Å². The number of furan rings is 1. The number of rotatable bonds is 4. The van der Waals surface area contributed by atoms with Crippen LogP contribution in [-0.4, -0.2) is 27.9 Å². The highest BCUT2D eigenvalue weighted by atomic mass is 19.3. The van der Waals surface area contributed by atoms with Crippen LogP contribution >= 0.6 is 0 Å². The Morgan fingerprint density at radius 3 is 2.61 bits per heavy atom. The van der Waals surface area contributed by atoms with E-state index in [4.69, 9.17) is 4.42 Å². The Morgan fingerprint density at radius 2 is 1.96 bits per heavy atom. The predicted octanol–water partition coefficient (Wildman–Crippen LogP) is 2.36. The van der Waals surface area contributed by atoms with Gasteiger partial charge in [-0.3, -0.25) is 14.6 Å². The van der Waals surface area contributed by atoms with Gasteiger partial charge in [0.2, 0.25) is 11.6 Å². The number of aromatic nitrogens is 2. The van der Waals surface area contributed by atoms with E-state index in [2.05, 4.69) is 10.3 Å². The van der Waals surface area contributed by atoms with Gasteiger partial charge < -0.3 is 9.73 Å². The quantitative estimate of drug-likeness (QED) is 0.716. The Hall–Kier alpha value is -3.23. The van der Waals surface area contributed by atoms with Gasteiger partial charge in [-0.2, -0.15) is 0 Å². The molecule has 2 N–H and O–H groups in total. The van der Waals surface area contributed by atoms with Crippen LogP contribution in [0.25, 0.3) is 16.8 Å². The van der Waals surface area contributed by atoms with Gasteiger partial charge in [0.05, 0.1) is 11.3 Å². The third-order valence-corrected chi connectivity index (χ3v) is 4.89. The van der Waals surface area contributed by atoms with E-state index in [0.717, 1.165) is 4.57 Å². The third kappa shape index (κ3) is 3.02. The van der Waals surface area contributed by atoms with Crippen LogP contribution in [0.5, 0.6) is 0 Å². The minimum absolute atomic E-state index is 0.00739. The lowest BCUT2D eigenvalue weighted by Gasteiger charge is -2.34. The van der Waals surface area contributed by atoms with Gasteiger partial charge in [-0.15, -0.1) is 0 Å². The number of amides is 1. The Morgan fingerprint density at radius 1 is 1.29 bits per heavy atom. The molecule has 1 aliphatic carbocycles. The number of benzene rings is 1. The molecule has 0 radical (unpaired) electrons. The summed E-state index contributed by atoms with van der Waals surface area (Å²) in [5, 5.41) is 2.53. The molecule has 28 heavy (non-hydrogen) atoms. The Bertz CT molecular complexity index is 1170. The molecule has 146 valence electrons. The first-order valence-corrected chi connectivity index (χ1v) is 8.77. The fraction of sp³-hybridized carbons (Fsp3) is 0.316. The number of para-hydroxylation sites is 1. The molecule has 1 aliphatic rings. The van der Waals surface area contributed by atoms with Crippen molar-refractivity contribution in [1.29, 1.82) is 0 Å². The smallest absolute Gasteiger partial charge is 0.335 e. The normalized spacial score (nSPS) is 16.1. The lowest BCUT2D eigenvalue weighted by atomic mass is 9.81. The van der Waals surface area contributed by atoms with Crippen LogP contribution in [0.2, 0.25) is 0 Å². The van der Waals surface area contributed by atoms with E-state index in [1.807, 2.05) is 0 Å². The molecule has 3 aromatic rings. The van der Waals surface area contributed by atoms with Gasteiger partial charge in [0.1, 0.15) is 11.1 Å². The fourth-order valence-electron chi connectivity index (χ4n) is 3.53. The molecule has 1 fully saturated rings. The number of H-pyrrole nitrogens is 1. The summed E-state index contributed by atoms with van der Waals surface area (Å²) in [6.07, 6.45) is -0.543. The summed E-state index contributed by atoms with van der Waals surface area (Å²) >= 11 is 0. The molecule has 0 bridgehead atoms. The summed E-state index contributed by atoms with van der Waals surface area (Å²) in [4.78, 5) is 40.4. The molecule has 0 saturated heterocycles. The van der Waals surface area contributed by atoms with E-state index in [1.165, 1.54) is 6.92 Å². The summed E-state index contributed by atoms with van der Waals surface area (Å²) in [5.41, 5.74) is -1.15. The summed E-state index contributed by atoms with van der Waals surface area (Å²) in [6.45, 7) is 1.58. The standard InChI is InChI=1S/C19H17F2N3O4/c1-10-13(15(25)22-9-11-7-19(20,21)8-11)14-16(28-10)23-18(27)24(17(14)26)12-5-3-2-4-6-12/h2-6,11H,7-9H2,1H3,(H,22,25)(H,23,27). The van der Waals surface area contributed by atoms with Crippen molar-refractivity contribution < 1.29 is 18.0 Å². The Labute approximate surface area is 157 Å². The van der Waals surface area contributed by atoms with Gasteiger partial charge in [0.15, 0.2) is 0 Å².